The smallest absolute Gasteiger partial charge is 0.139 e. The van der Waals surface area contributed by atoms with Crippen molar-refractivity contribution in [3.8, 4) is 0 Å². The molecular formula is C11H13BrO. The summed E-state index contributed by atoms with van der Waals surface area (Å²) in [6.07, 6.45) is 0. The third kappa shape index (κ3) is 1.99. The lowest BCUT2D eigenvalue weighted by Crippen LogP contribution is -2.26. The summed E-state index contributed by atoms with van der Waals surface area (Å²) in [7, 11) is 0. The zero-order valence-electron chi connectivity index (χ0n) is 8.10. The van der Waals surface area contributed by atoms with Crippen LogP contribution in [0.5, 0.6) is 0 Å². The van der Waals surface area contributed by atoms with Crippen molar-refractivity contribution in [1.82, 2.24) is 0 Å². The second kappa shape index (κ2) is 3.62. The Bertz CT molecular complexity index is 329. The lowest BCUT2D eigenvalue weighted by Gasteiger charge is -2.22. The molecule has 70 valence electrons. The van der Waals surface area contributed by atoms with Crippen LogP contribution >= 0.6 is 15.9 Å². The van der Waals surface area contributed by atoms with Crippen molar-refractivity contribution in [2.75, 3.05) is 0 Å². The van der Waals surface area contributed by atoms with E-state index in [1.165, 1.54) is 0 Å². The molecule has 2 heteroatoms. The third-order valence-electron chi connectivity index (χ3n) is 2.43. The van der Waals surface area contributed by atoms with E-state index in [0.29, 0.717) is 0 Å². The van der Waals surface area contributed by atoms with Crippen molar-refractivity contribution < 1.29 is 4.79 Å². The van der Waals surface area contributed by atoms with Gasteiger partial charge >= 0.3 is 0 Å². The van der Waals surface area contributed by atoms with Crippen molar-refractivity contribution in [3.05, 3.63) is 34.3 Å². The average Bonchev–Trinajstić information content (AvgIpc) is 2.04. The van der Waals surface area contributed by atoms with E-state index >= 15 is 0 Å². The van der Waals surface area contributed by atoms with Crippen molar-refractivity contribution in [2.45, 2.75) is 26.2 Å². The molecular weight excluding hydrogens is 228 g/mol. The minimum Gasteiger partial charge on any atom is -0.299 e. The predicted octanol–water partition coefficient (Wildman–Crippen LogP) is 3.32. The number of hydrogen-bond donors (Lipinski definition) is 0. The molecule has 1 aromatic carbocycles. The molecule has 0 heterocycles. The Hall–Kier alpha value is -0.630. The van der Waals surface area contributed by atoms with Gasteiger partial charge in [0, 0.05) is 9.89 Å². The van der Waals surface area contributed by atoms with E-state index in [9.17, 15) is 4.79 Å². The van der Waals surface area contributed by atoms with E-state index < -0.39 is 5.41 Å². The van der Waals surface area contributed by atoms with Gasteiger partial charge < -0.3 is 0 Å². The Kier molecular flexibility index (Phi) is 2.91. The van der Waals surface area contributed by atoms with Gasteiger partial charge in [0.05, 0.1) is 0 Å². The number of carbonyl (C=O) groups is 1. The summed E-state index contributed by atoms with van der Waals surface area (Å²) in [4.78, 5) is 11.4. The molecule has 13 heavy (non-hydrogen) atoms. The van der Waals surface area contributed by atoms with Crippen molar-refractivity contribution in [1.29, 1.82) is 0 Å². The Balaban J connectivity index is 3.22. The molecule has 0 fully saturated rings. The fourth-order valence-corrected chi connectivity index (χ4v) is 1.94. The number of rotatable bonds is 2. The summed E-state index contributed by atoms with van der Waals surface area (Å²) in [6, 6.07) is 7.83. The van der Waals surface area contributed by atoms with Gasteiger partial charge in [-0.1, -0.05) is 34.1 Å². The van der Waals surface area contributed by atoms with Crippen LogP contribution < -0.4 is 0 Å². The summed E-state index contributed by atoms with van der Waals surface area (Å²) in [6.45, 7) is 5.50. The third-order valence-corrected chi connectivity index (χ3v) is 3.12. The summed E-state index contributed by atoms with van der Waals surface area (Å²) in [5.41, 5.74) is 0.641. The standard InChI is InChI=1S/C11H13BrO/c1-8(13)11(2,3)9-6-4-5-7-10(9)12/h4-7H,1-3H3. The molecule has 0 aliphatic heterocycles. The first kappa shape index (κ1) is 10.5. The highest BCUT2D eigenvalue weighted by molar-refractivity contribution is 9.10. The molecule has 0 aliphatic rings. The number of ketones is 1. The van der Waals surface area contributed by atoms with E-state index in [1.807, 2.05) is 38.1 Å². The highest BCUT2D eigenvalue weighted by Gasteiger charge is 2.27. The number of halogens is 1. The molecule has 1 aromatic rings. The van der Waals surface area contributed by atoms with E-state index in [2.05, 4.69) is 15.9 Å². The number of hydrogen-bond acceptors (Lipinski definition) is 1. The van der Waals surface area contributed by atoms with E-state index in [0.717, 1.165) is 10.0 Å². The molecule has 0 unspecified atom stereocenters. The average molecular weight is 241 g/mol. The molecule has 0 radical (unpaired) electrons. The topological polar surface area (TPSA) is 17.1 Å². The number of carbonyl (C=O) groups excluding carboxylic acids is 1. The van der Waals surface area contributed by atoms with Gasteiger partial charge in [-0.05, 0) is 32.4 Å². The van der Waals surface area contributed by atoms with Crippen LogP contribution in [-0.2, 0) is 10.2 Å². The van der Waals surface area contributed by atoms with Crippen LogP contribution in [0.1, 0.15) is 26.3 Å². The second-order valence-corrected chi connectivity index (χ2v) is 4.52. The van der Waals surface area contributed by atoms with Crippen molar-refractivity contribution in [2.24, 2.45) is 0 Å². The monoisotopic (exact) mass is 240 g/mol. The molecule has 0 aromatic heterocycles. The van der Waals surface area contributed by atoms with E-state index in [-0.39, 0.29) is 5.78 Å². The molecule has 0 saturated heterocycles. The minimum atomic E-state index is -0.403. The molecule has 0 N–H and O–H groups in total. The van der Waals surface area contributed by atoms with Gasteiger partial charge in [0.25, 0.3) is 0 Å². The Labute approximate surface area is 87.3 Å². The van der Waals surface area contributed by atoms with Crippen LogP contribution in [-0.4, -0.2) is 5.78 Å². The molecule has 1 rings (SSSR count). The summed E-state index contributed by atoms with van der Waals surface area (Å²) >= 11 is 3.45. The lowest BCUT2D eigenvalue weighted by atomic mass is 9.81. The molecule has 0 spiro atoms. The van der Waals surface area contributed by atoms with Crippen LogP contribution in [0, 0.1) is 0 Å². The molecule has 0 saturated carbocycles. The van der Waals surface area contributed by atoms with E-state index in [1.54, 1.807) is 6.92 Å². The zero-order valence-corrected chi connectivity index (χ0v) is 9.68. The lowest BCUT2D eigenvalue weighted by molar-refractivity contribution is -0.121. The maximum absolute atomic E-state index is 11.4. The highest BCUT2D eigenvalue weighted by Crippen LogP contribution is 2.30. The Morgan fingerprint density at radius 3 is 2.31 bits per heavy atom. The molecule has 0 amide bonds. The molecule has 0 atom stereocenters. The fraction of sp³-hybridized carbons (Fsp3) is 0.364. The molecule has 0 aliphatic carbocycles. The fourth-order valence-electron chi connectivity index (χ4n) is 1.16. The highest BCUT2D eigenvalue weighted by atomic mass is 79.9. The Morgan fingerprint density at radius 1 is 1.31 bits per heavy atom. The first-order valence-corrected chi connectivity index (χ1v) is 5.01. The normalized spacial score (nSPS) is 11.4. The maximum Gasteiger partial charge on any atom is 0.139 e. The van der Waals surface area contributed by atoms with Crippen LogP contribution in [0.2, 0.25) is 0 Å². The quantitative estimate of drug-likeness (QED) is 0.776. The van der Waals surface area contributed by atoms with Gasteiger partial charge in [-0.15, -0.1) is 0 Å². The predicted molar refractivity (Wildman–Crippen MR) is 57.8 cm³/mol. The van der Waals surface area contributed by atoms with Crippen molar-refractivity contribution in [3.63, 3.8) is 0 Å². The van der Waals surface area contributed by atoms with Crippen LogP contribution in [0.25, 0.3) is 0 Å². The number of benzene rings is 1. The van der Waals surface area contributed by atoms with E-state index in [4.69, 9.17) is 0 Å². The molecule has 1 nitrogen and oxygen atoms in total. The van der Waals surface area contributed by atoms with Gasteiger partial charge in [-0.2, -0.15) is 0 Å². The van der Waals surface area contributed by atoms with Gasteiger partial charge in [0.2, 0.25) is 0 Å². The van der Waals surface area contributed by atoms with Crippen LogP contribution in [0.3, 0.4) is 0 Å². The second-order valence-electron chi connectivity index (χ2n) is 3.66. The maximum atomic E-state index is 11.4. The summed E-state index contributed by atoms with van der Waals surface area (Å²) in [5.74, 6) is 0.180. The number of Topliss-reactive ketones (excluding diaryl/α,β-unsaturated/α-hetero) is 1. The Morgan fingerprint density at radius 2 is 1.85 bits per heavy atom. The summed E-state index contributed by atoms with van der Waals surface area (Å²) < 4.78 is 0.996. The SMILES string of the molecule is CC(=O)C(C)(C)c1ccccc1Br. The summed E-state index contributed by atoms with van der Waals surface area (Å²) in [5, 5.41) is 0. The zero-order chi connectivity index (χ0) is 10.1. The molecule has 0 bridgehead atoms. The first-order chi connectivity index (χ1) is 5.96. The largest absolute Gasteiger partial charge is 0.299 e. The van der Waals surface area contributed by atoms with Gasteiger partial charge in [-0.25, -0.2) is 0 Å². The van der Waals surface area contributed by atoms with Gasteiger partial charge in [-0.3, -0.25) is 4.79 Å². The van der Waals surface area contributed by atoms with Gasteiger partial charge in [0.15, 0.2) is 0 Å². The minimum absolute atomic E-state index is 0.180. The van der Waals surface area contributed by atoms with Crippen molar-refractivity contribution >= 4 is 21.7 Å². The van der Waals surface area contributed by atoms with Gasteiger partial charge in [0.1, 0.15) is 5.78 Å². The van der Waals surface area contributed by atoms with Crippen LogP contribution in [0.15, 0.2) is 28.7 Å². The first-order valence-electron chi connectivity index (χ1n) is 4.22. The van der Waals surface area contributed by atoms with Crippen LogP contribution in [0.4, 0.5) is 0 Å².